The van der Waals surface area contributed by atoms with Gasteiger partial charge in [-0.1, -0.05) is 25.6 Å². The normalized spacial score (nSPS) is 17.0. The molecule has 3 heterocycles. The number of amides is 1. The zero-order valence-corrected chi connectivity index (χ0v) is 20.2. The number of sulfone groups is 1. The van der Waals surface area contributed by atoms with Crippen LogP contribution in [0.25, 0.3) is 0 Å². The average molecular weight is 477 g/mol. The van der Waals surface area contributed by atoms with E-state index in [-0.39, 0.29) is 16.6 Å². The Kier molecular flexibility index (Phi) is 6.62. The smallest absolute Gasteiger partial charge is 0.281 e. The number of carbonyl (C=O) groups excluding carboxylic acids is 1. The standard InChI is InChI=1S/C22H28N4O4S2/c1-15(2)31-22(27)25-9-7-17(8-10-25)30-21-13-20(23-14-24-21)26-11-6-16-12-18(32(3,28)29)4-5-19(16)26/h4-5,12-15,17H,6-11H2,1-3H3. The largest absolute Gasteiger partial charge is 0.474 e. The van der Waals surface area contributed by atoms with Crippen LogP contribution in [-0.2, 0) is 16.3 Å². The molecule has 0 spiro atoms. The Morgan fingerprint density at radius 1 is 1.16 bits per heavy atom. The molecule has 1 aromatic carbocycles. The molecule has 10 heteroatoms. The first kappa shape index (κ1) is 22.8. The van der Waals surface area contributed by atoms with Gasteiger partial charge in [0.15, 0.2) is 9.84 Å². The Hall–Kier alpha value is -2.33. The molecule has 1 saturated heterocycles. The summed E-state index contributed by atoms with van der Waals surface area (Å²) in [6.45, 7) is 6.13. The number of aromatic nitrogens is 2. The fourth-order valence-corrected chi connectivity index (χ4v) is 5.40. The minimum atomic E-state index is -3.24. The second-order valence-electron chi connectivity index (χ2n) is 8.42. The number of fused-ring (bicyclic) bond motifs is 1. The quantitative estimate of drug-likeness (QED) is 0.645. The third kappa shape index (κ3) is 5.17. The van der Waals surface area contributed by atoms with Crippen molar-refractivity contribution in [3.8, 4) is 5.88 Å². The minimum absolute atomic E-state index is 0.00836. The Morgan fingerprint density at radius 3 is 2.59 bits per heavy atom. The van der Waals surface area contributed by atoms with Crippen LogP contribution in [0.5, 0.6) is 5.88 Å². The highest BCUT2D eigenvalue weighted by atomic mass is 32.2. The van der Waals surface area contributed by atoms with Crippen molar-refractivity contribution in [1.82, 2.24) is 14.9 Å². The van der Waals surface area contributed by atoms with Gasteiger partial charge in [-0.15, -0.1) is 0 Å². The van der Waals surface area contributed by atoms with Crippen molar-refractivity contribution < 1.29 is 17.9 Å². The van der Waals surface area contributed by atoms with Gasteiger partial charge >= 0.3 is 0 Å². The number of piperidine rings is 1. The molecule has 8 nitrogen and oxygen atoms in total. The van der Waals surface area contributed by atoms with E-state index < -0.39 is 9.84 Å². The summed E-state index contributed by atoms with van der Waals surface area (Å²) in [6.07, 6.45) is 5.01. The molecule has 1 amide bonds. The van der Waals surface area contributed by atoms with Crippen LogP contribution in [0.3, 0.4) is 0 Å². The molecule has 0 atom stereocenters. The van der Waals surface area contributed by atoms with Gasteiger partial charge in [0.05, 0.1) is 4.90 Å². The Labute approximate surface area is 193 Å². The van der Waals surface area contributed by atoms with E-state index in [9.17, 15) is 13.2 Å². The molecule has 2 aliphatic heterocycles. The molecule has 0 N–H and O–H groups in total. The van der Waals surface area contributed by atoms with Crippen LogP contribution in [0.15, 0.2) is 35.5 Å². The summed E-state index contributed by atoms with van der Waals surface area (Å²) in [4.78, 5) is 25.2. The van der Waals surface area contributed by atoms with Gasteiger partial charge in [0.25, 0.3) is 5.24 Å². The number of likely N-dealkylation sites (tertiary alicyclic amines) is 1. The zero-order valence-electron chi connectivity index (χ0n) is 18.5. The third-order valence-electron chi connectivity index (χ3n) is 5.60. The van der Waals surface area contributed by atoms with Crippen LogP contribution in [0.2, 0.25) is 0 Å². The lowest BCUT2D eigenvalue weighted by molar-refractivity contribution is 0.115. The van der Waals surface area contributed by atoms with Gasteiger partial charge in [0.2, 0.25) is 5.88 Å². The molecule has 0 saturated carbocycles. The van der Waals surface area contributed by atoms with E-state index in [0.717, 1.165) is 36.3 Å². The lowest BCUT2D eigenvalue weighted by Crippen LogP contribution is -2.40. The first-order valence-corrected chi connectivity index (χ1v) is 13.5. The predicted molar refractivity (Wildman–Crippen MR) is 126 cm³/mol. The van der Waals surface area contributed by atoms with Gasteiger partial charge in [0.1, 0.15) is 18.2 Å². The Bertz CT molecular complexity index is 1100. The van der Waals surface area contributed by atoms with E-state index in [4.69, 9.17) is 4.74 Å². The van der Waals surface area contributed by atoms with E-state index in [1.807, 2.05) is 30.9 Å². The first-order valence-electron chi connectivity index (χ1n) is 10.8. The number of carbonyl (C=O) groups is 1. The summed E-state index contributed by atoms with van der Waals surface area (Å²) in [6, 6.07) is 7.04. The summed E-state index contributed by atoms with van der Waals surface area (Å²) >= 11 is 1.37. The van der Waals surface area contributed by atoms with Gasteiger partial charge in [0, 0.05) is 55.7 Å². The zero-order chi connectivity index (χ0) is 22.9. The summed E-state index contributed by atoms with van der Waals surface area (Å²) < 4.78 is 29.8. The highest BCUT2D eigenvalue weighted by Crippen LogP contribution is 2.35. The Morgan fingerprint density at radius 2 is 1.91 bits per heavy atom. The second-order valence-corrected chi connectivity index (χ2v) is 12.0. The molecule has 0 unspecified atom stereocenters. The van der Waals surface area contributed by atoms with E-state index in [2.05, 4.69) is 14.9 Å². The molecule has 2 aliphatic rings. The molecule has 32 heavy (non-hydrogen) atoms. The van der Waals surface area contributed by atoms with E-state index in [1.54, 1.807) is 12.1 Å². The summed E-state index contributed by atoms with van der Waals surface area (Å²) in [5.74, 6) is 1.24. The Balaban J connectivity index is 1.41. The van der Waals surface area contributed by atoms with Crippen molar-refractivity contribution >= 4 is 38.3 Å². The van der Waals surface area contributed by atoms with Crippen LogP contribution < -0.4 is 9.64 Å². The number of benzene rings is 1. The second kappa shape index (κ2) is 9.27. The highest BCUT2D eigenvalue weighted by Gasteiger charge is 2.26. The number of thioether (sulfide) groups is 1. The van der Waals surface area contributed by atoms with Crippen molar-refractivity contribution in [2.24, 2.45) is 0 Å². The number of rotatable bonds is 5. The molecule has 0 aliphatic carbocycles. The van der Waals surface area contributed by atoms with Crippen molar-refractivity contribution in [1.29, 1.82) is 0 Å². The number of ether oxygens (including phenoxy) is 1. The molecule has 1 fully saturated rings. The summed E-state index contributed by atoms with van der Waals surface area (Å²) in [7, 11) is -3.24. The van der Waals surface area contributed by atoms with Crippen molar-refractivity contribution in [3.05, 3.63) is 36.2 Å². The number of hydrogen-bond acceptors (Lipinski definition) is 8. The molecule has 0 bridgehead atoms. The average Bonchev–Trinajstić information content (AvgIpc) is 3.17. The van der Waals surface area contributed by atoms with Gasteiger partial charge in [-0.25, -0.2) is 18.4 Å². The predicted octanol–water partition coefficient (Wildman–Crippen LogP) is 3.68. The lowest BCUT2D eigenvalue weighted by Gasteiger charge is -2.32. The summed E-state index contributed by atoms with van der Waals surface area (Å²) in [5.41, 5.74) is 1.95. The maximum atomic E-state index is 12.2. The van der Waals surface area contributed by atoms with E-state index >= 15 is 0 Å². The SMILES string of the molecule is CC(C)SC(=O)N1CCC(Oc2cc(N3CCc4cc(S(C)(=O)=O)ccc43)ncn2)CC1. The molecule has 172 valence electrons. The van der Waals surface area contributed by atoms with Crippen molar-refractivity contribution in [2.45, 2.75) is 49.4 Å². The molecule has 2 aromatic rings. The maximum Gasteiger partial charge on any atom is 0.281 e. The van der Waals surface area contributed by atoms with E-state index in [1.165, 1.54) is 24.3 Å². The van der Waals surface area contributed by atoms with Gasteiger partial charge in [-0.2, -0.15) is 0 Å². The highest BCUT2D eigenvalue weighted by molar-refractivity contribution is 8.14. The minimum Gasteiger partial charge on any atom is -0.474 e. The maximum absolute atomic E-state index is 12.2. The molecule has 4 rings (SSSR count). The van der Waals surface area contributed by atoms with E-state index in [0.29, 0.717) is 30.4 Å². The summed E-state index contributed by atoms with van der Waals surface area (Å²) in [5, 5.41) is 0.416. The van der Waals surface area contributed by atoms with Gasteiger partial charge in [-0.05, 0) is 30.2 Å². The fraction of sp³-hybridized carbons (Fsp3) is 0.500. The monoisotopic (exact) mass is 476 g/mol. The van der Waals surface area contributed by atoms with Crippen molar-refractivity contribution in [3.63, 3.8) is 0 Å². The number of hydrogen-bond donors (Lipinski definition) is 0. The molecular weight excluding hydrogens is 448 g/mol. The topological polar surface area (TPSA) is 92.7 Å². The first-order chi connectivity index (χ1) is 15.2. The molecular formula is C22H28N4O4S2. The lowest BCUT2D eigenvalue weighted by atomic mass is 10.1. The van der Waals surface area contributed by atoms with Crippen LogP contribution in [-0.4, -0.2) is 65.8 Å². The third-order valence-corrected chi connectivity index (χ3v) is 7.64. The fourth-order valence-electron chi connectivity index (χ4n) is 3.99. The van der Waals surface area contributed by atoms with Crippen LogP contribution >= 0.6 is 11.8 Å². The molecule has 1 aromatic heterocycles. The van der Waals surface area contributed by atoms with Gasteiger partial charge < -0.3 is 14.5 Å². The van der Waals surface area contributed by atoms with Crippen LogP contribution in [0.4, 0.5) is 16.3 Å². The van der Waals surface area contributed by atoms with Crippen molar-refractivity contribution in [2.75, 3.05) is 30.8 Å². The number of anilines is 2. The molecule has 0 radical (unpaired) electrons. The van der Waals surface area contributed by atoms with Crippen LogP contribution in [0, 0.1) is 0 Å². The number of nitrogens with zero attached hydrogens (tertiary/aromatic N) is 4. The van der Waals surface area contributed by atoms with Crippen LogP contribution in [0.1, 0.15) is 32.3 Å². The van der Waals surface area contributed by atoms with Gasteiger partial charge in [-0.3, -0.25) is 4.79 Å².